The highest BCUT2D eigenvalue weighted by molar-refractivity contribution is 5.82. The number of fused-ring (bicyclic) bond motifs is 1. The van der Waals surface area contributed by atoms with Gasteiger partial charge in [0.1, 0.15) is 11.5 Å². The molecule has 0 bridgehead atoms. The van der Waals surface area contributed by atoms with Gasteiger partial charge in [-0.15, -0.1) is 0 Å². The van der Waals surface area contributed by atoms with Crippen LogP contribution >= 0.6 is 0 Å². The topological polar surface area (TPSA) is 34.2 Å². The minimum Gasteiger partial charge on any atom is -0.497 e. The summed E-state index contributed by atoms with van der Waals surface area (Å²) in [5.74, 6) is 1.72. The monoisotopic (exact) mass is 434 g/mol. The Morgan fingerprint density at radius 3 is 2.31 bits per heavy atom. The third kappa shape index (κ3) is 6.00. The summed E-state index contributed by atoms with van der Waals surface area (Å²) in [5.41, 5.74) is 2.55. The molecule has 0 aliphatic carbocycles. The summed E-state index contributed by atoms with van der Waals surface area (Å²) in [4.78, 5) is 4.99. The Morgan fingerprint density at radius 2 is 1.53 bits per heavy atom. The average molecular weight is 435 g/mol. The SMILES string of the molecule is COc1ccc(CN2CCN(CCOCCc3ccc4ccccc4c3)CC2)c(OC)c1. The van der Waals surface area contributed by atoms with E-state index >= 15 is 0 Å². The third-order valence-corrected chi connectivity index (χ3v) is 6.25. The maximum absolute atomic E-state index is 5.94. The van der Waals surface area contributed by atoms with Gasteiger partial charge in [-0.25, -0.2) is 0 Å². The van der Waals surface area contributed by atoms with Crippen molar-refractivity contribution in [3.63, 3.8) is 0 Å². The fraction of sp³-hybridized carbons (Fsp3) is 0.407. The van der Waals surface area contributed by atoms with Crippen molar-refractivity contribution < 1.29 is 14.2 Å². The van der Waals surface area contributed by atoms with Crippen molar-refractivity contribution in [2.24, 2.45) is 0 Å². The Bertz CT molecular complexity index is 999. The van der Waals surface area contributed by atoms with Crippen LogP contribution in [0.3, 0.4) is 0 Å². The lowest BCUT2D eigenvalue weighted by molar-refractivity contribution is 0.0745. The molecule has 0 radical (unpaired) electrons. The van der Waals surface area contributed by atoms with Gasteiger partial charge in [0.25, 0.3) is 0 Å². The molecular weight excluding hydrogens is 400 g/mol. The van der Waals surface area contributed by atoms with Crippen LogP contribution in [0.15, 0.2) is 60.7 Å². The van der Waals surface area contributed by atoms with E-state index < -0.39 is 0 Å². The zero-order chi connectivity index (χ0) is 22.2. The zero-order valence-electron chi connectivity index (χ0n) is 19.3. The van der Waals surface area contributed by atoms with E-state index in [0.717, 1.165) is 70.4 Å². The number of rotatable bonds is 10. The molecule has 170 valence electrons. The van der Waals surface area contributed by atoms with Crippen molar-refractivity contribution in [3.8, 4) is 11.5 Å². The summed E-state index contributed by atoms with van der Waals surface area (Å²) in [6.07, 6.45) is 0.961. The molecule has 1 heterocycles. The lowest BCUT2D eigenvalue weighted by Gasteiger charge is -2.34. The lowest BCUT2D eigenvalue weighted by Crippen LogP contribution is -2.46. The second-order valence-corrected chi connectivity index (χ2v) is 8.34. The summed E-state index contributed by atoms with van der Waals surface area (Å²) in [5, 5.41) is 2.59. The van der Waals surface area contributed by atoms with Gasteiger partial charge in [-0.05, 0) is 28.8 Å². The van der Waals surface area contributed by atoms with Gasteiger partial charge in [0.2, 0.25) is 0 Å². The second-order valence-electron chi connectivity index (χ2n) is 8.34. The Morgan fingerprint density at radius 1 is 0.750 bits per heavy atom. The van der Waals surface area contributed by atoms with Gasteiger partial charge in [-0.3, -0.25) is 9.80 Å². The summed E-state index contributed by atoms with van der Waals surface area (Å²) in [7, 11) is 3.40. The fourth-order valence-electron chi connectivity index (χ4n) is 4.27. The highest BCUT2D eigenvalue weighted by Crippen LogP contribution is 2.26. The largest absolute Gasteiger partial charge is 0.497 e. The number of nitrogens with zero attached hydrogens (tertiary/aromatic N) is 2. The molecule has 0 spiro atoms. The van der Waals surface area contributed by atoms with E-state index in [9.17, 15) is 0 Å². The highest BCUT2D eigenvalue weighted by Gasteiger charge is 2.18. The van der Waals surface area contributed by atoms with Crippen LogP contribution in [0.2, 0.25) is 0 Å². The molecule has 1 aliphatic rings. The first-order chi connectivity index (χ1) is 15.7. The molecule has 32 heavy (non-hydrogen) atoms. The van der Waals surface area contributed by atoms with Crippen LogP contribution in [0.4, 0.5) is 0 Å². The van der Waals surface area contributed by atoms with E-state index in [2.05, 4.69) is 58.3 Å². The Kier molecular flexibility index (Phi) is 7.99. The molecule has 0 amide bonds. The van der Waals surface area contributed by atoms with Crippen LogP contribution in [0.1, 0.15) is 11.1 Å². The Labute approximate surface area is 191 Å². The van der Waals surface area contributed by atoms with Crippen molar-refractivity contribution in [2.45, 2.75) is 13.0 Å². The zero-order valence-corrected chi connectivity index (χ0v) is 19.3. The van der Waals surface area contributed by atoms with Crippen LogP contribution in [0, 0.1) is 0 Å². The molecule has 5 nitrogen and oxygen atoms in total. The van der Waals surface area contributed by atoms with E-state index in [0.29, 0.717) is 0 Å². The van der Waals surface area contributed by atoms with E-state index in [-0.39, 0.29) is 0 Å². The van der Waals surface area contributed by atoms with Crippen LogP contribution in [0.25, 0.3) is 10.8 Å². The minimum atomic E-state index is 0.773. The van der Waals surface area contributed by atoms with Gasteiger partial charge < -0.3 is 14.2 Å². The highest BCUT2D eigenvalue weighted by atomic mass is 16.5. The molecule has 0 N–H and O–H groups in total. The molecule has 0 saturated carbocycles. The van der Waals surface area contributed by atoms with E-state index in [1.54, 1.807) is 14.2 Å². The van der Waals surface area contributed by atoms with Gasteiger partial charge in [0.15, 0.2) is 0 Å². The number of methoxy groups -OCH3 is 2. The number of benzene rings is 3. The molecule has 0 atom stereocenters. The number of piperazine rings is 1. The summed E-state index contributed by atoms with van der Waals surface area (Å²) < 4.78 is 16.8. The van der Waals surface area contributed by atoms with Gasteiger partial charge in [-0.2, -0.15) is 0 Å². The molecule has 1 saturated heterocycles. The summed E-state index contributed by atoms with van der Waals surface area (Å²) >= 11 is 0. The van der Waals surface area contributed by atoms with E-state index in [1.807, 2.05) is 12.1 Å². The minimum absolute atomic E-state index is 0.773. The van der Waals surface area contributed by atoms with Crippen LogP contribution in [-0.4, -0.2) is 70.0 Å². The molecule has 0 aromatic heterocycles. The smallest absolute Gasteiger partial charge is 0.127 e. The van der Waals surface area contributed by atoms with E-state index in [1.165, 1.54) is 21.9 Å². The molecule has 1 aliphatic heterocycles. The lowest BCUT2D eigenvalue weighted by atomic mass is 10.1. The van der Waals surface area contributed by atoms with E-state index in [4.69, 9.17) is 14.2 Å². The summed E-state index contributed by atoms with van der Waals surface area (Å²) in [6, 6.07) is 21.3. The predicted octanol–water partition coefficient (Wildman–Crippen LogP) is 4.23. The van der Waals surface area contributed by atoms with Gasteiger partial charge >= 0.3 is 0 Å². The molecule has 1 fully saturated rings. The van der Waals surface area contributed by atoms with Crippen molar-refractivity contribution in [1.82, 2.24) is 9.80 Å². The Balaban J connectivity index is 1.14. The number of ether oxygens (including phenoxy) is 3. The van der Waals surface area contributed by atoms with Crippen LogP contribution < -0.4 is 9.47 Å². The van der Waals surface area contributed by atoms with Gasteiger partial charge in [-0.1, -0.05) is 48.5 Å². The van der Waals surface area contributed by atoms with Crippen molar-refractivity contribution in [2.75, 3.05) is 60.2 Å². The first kappa shape index (κ1) is 22.6. The number of hydrogen-bond donors (Lipinski definition) is 0. The molecule has 3 aromatic carbocycles. The van der Waals surface area contributed by atoms with Gasteiger partial charge in [0, 0.05) is 50.9 Å². The first-order valence-electron chi connectivity index (χ1n) is 11.5. The van der Waals surface area contributed by atoms with Crippen LogP contribution in [-0.2, 0) is 17.7 Å². The van der Waals surface area contributed by atoms with Crippen LogP contribution in [0.5, 0.6) is 11.5 Å². The fourth-order valence-corrected chi connectivity index (χ4v) is 4.27. The molecular formula is C27H34N2O3. The van der Waals surface area contributed by atoms with Gasteiger partial charge in [0.05, 0.1) is 27.4 Å². The second kappa shape index (κ2) is 11.3. The van der Waals surface area contributed by atoms with Crippen molar-refractivity contribution in [3.05, 3.63) is 71.8 Å². The standard InChI is InChI=1S/C27H34N2O3/c1-30-26-10-9-25(27(20-26)31-2)21-29-14-12-28(13-15-29)16-18-32-17-11-22-7-8-23-5-3-4-6-24(23)19-22/h3-10,19-20H,11-18,21H2,1-2H3. The maximum Gasteiger partial charge on any atom is 0.127 e. The molecule has 5 heteroatoms. The molecule has 0 unspecified atom stereocenters. The summed E-state index contributed by atoms with van der Waals surface area (Å²) in [6.45, 7) is 7.74. The van der Waals surface area contributed by atoms with Crippen molar-refractivity contribution in [1.29, 1.82) is 0 Å². The molecule has 3 aromatic rings. The predicted molar refractivity (Wildman–Crippen MR) is 130 cm³/mol. The normalized spacial score (nSPS) is 15.2. The molecule has 4 rings (SSSR count). The average Bonchev–Trinajstić information content (AvgIpc) is 2.85. The Hall–Kier alpha value is -2.60. The number of hydrogen-bond acceptors (Lipinski definition) is 5. The quantitative estimate of drug-likeness (QED) is 0.446. The maximum atomic E-state index is 5.94. The third-order valence-electron chi connectivity index (χ3n) is 6.25. The first-order valence-corrected chi connectivity index (χ1v) is 11.5. The van der Waals surface area contributed by atoms with Crippen molar-refractivity contribution >= 4 is 10.8 Å².